The van der Waals surface area contributed by atoms with Crippen molar-refractivity contribution in [3.63, 3.8) is 0 Å². The molecule has 1 atom stereocenters. The van der Waals surface area contributed by atoms with Gasteiger partial charge in [0.2, 0.25) is 17.7 Å². The Labute approximate surface area is 332 Å². The van der Waals surface area contributed by atoms with Crippen molar-refractivity contribution in [3.05, 3.63) is 82.8 Å². The molecule has 0 aliphatic carbocycles. The lowest BCUT2D eigenvalue weighted by molar-refractivity contribution is -0.137. The average molecular weight is 799 g/mol. The minimum absolute atomic E-state index is 0.0257. The maximum Gasteiger partial charge on any atom is 0.407 e. The molecule has 302 valence electrons. The Balaban J connectivity index is 0.747. The number of nitrogens with one attached hydrogen (secondary N) is 2. The summed E-state index contributed by atoms with van der Waals surface area (Å²) in [6.45, 7) is 12.2. The highest BCUT2D eigenvalue weighted by Gasteiger charge is 2.45. The number of hydrogen-bond donors (Lipinski definition) is 2. The number of pyridine rings is 1. The summed E-state index contributed by atoms with van der Waals surface area (Å²) >= 11 is 0. The minimum Gasteiger partial charge on any atom is -0.489 e. The zero-order chi connectivity index (χ0) is 40.7. The van der Waals surface area contributed by atoms with Crippen LogP contribution in [0.15, 0.2) is 54.7 Å². The van der Waals surface area contributed by atoms with Crippen molar-refractivity contribution < 1.29 is 41.9 Å². The van der Waals surface area contributed by atoms with Crippen LogP contribution in [0.2, 0.25) is 0 Å². The lowest BCUT2D eigenvalue weighted by Crippen LogP contribution is -2.54. The molecule has 1 unspecified atom stereocenters. The molecule has 0 spiro atoms. The predicted octanol–water partition coefficient (Wildman–Crippen LogP) is 4.89. The van der Waals surface area contributed by atoms with Crippen LogP contribution in [-0.4, -0.2) is 102 Å². The number of carbonyl (C=O) groups is 5. The van der Waals surface area contributed by atoms with E-state index in [2.05, 4.69) is 30.3 Å². The molecule has 0 saturated carbocycles. The average Bonchev–Trinajstić information content (AvgIpc) is 3.44. The number of fused-ring (bicyclic) bond motifs is 1. The van der Waals surface area contributed by atoms with Crippen LogP contribution in [0.3, 0.4) is 0 Å². The van der Waals surface area contributed by atoms with Gasteiger partial charge in [0, 0.05) is 75.4 Å². The molecular weight excluding hydrogens is 757 g/mol. The number of hydrogen-bond acceptors (Lipinski definition) is 10. The first kappa shape index (κ1) is 38.8. The SMILES string of the molecule is [C-]#[N+]c1ccc(N2CCC(C(=O)Nc3ccc(OC4CCN(CC5CN(c6ccc7c(c6)C(=O)N(C6CCC(=O)NC6=O)C7=O)C5)CC4)cn3)CC2)cc1C(F)(F)F. The Hall–Kier alpha value is -6.02. The monoisotopic (exact) mass is 798 g/mol. The van der Waals surface area contributed by atoms with Crippen molar-refractivity contribution >= 4 is 52.4 Å². The molecule has 8 rings (SSSR count). The third kappa shape index (κ3) is 7.93. The lowest BCUT2D eigenvalue weighted by atomic mass is 9.95. The van der Waals surface area contributed by atoms with Gasteiger partial charge in [-0.2, -0.15) is 13.2 Å². The number of imide groups is 2. The van der Waals surface area contributed by atoms with E-state index in [1.165, 1.54) is 12.1 Å². The zero-order valence-electron chi connectivity index (χ0n) is 31.5. The number of nitrogens with zero attached hydrogens (tertiary/aromatic N) is 6. The topological polar surface area (TPSA) is 149 Å². The third-order valence-electron chi connectivity index (χ3n) is 11.7. The second-order valence-corrected chi connectivity index (χ2v) is 15.5. The molecule has 6 heterocycles. The van der Waals surface area contributed by atoms with Crippen molar-refractivity contribution in [2.75, 3.05) is 60.9 Å². The Morgan fingerprint density at radius 1 is 0.879 bits per heavy atom. The zero-order valence-corrected chi connectivity index (χ0v) is 31.5. The van der Waals surface area contributed by atoms with Crippen LogP contribution in [0.4, 0.5) is 36.1 Å². The standard InChI is InChI=1S/C41H41F3N8O6/c1-45-33-6-3-27(19-32(33)41(42,43)44)50-16-10-25(11-17-50)37(54)47-35-8-4-29(20-46-35)58-28-12-14-49(15-13-28)21-24-22-51(23-24)26-2-5-30-31(18-26)40(57)52(39(30)56)34-7-9-36(53)48-38(34)55/h2-6,8,18-20,24-25,28,34H,7,9-17,21-23H2,(H,46,47,54)(H,48,53,55). The van der Waals surface area contributed by atoms with Crippen molar-refractivity contribution in [1.29, 1.82) is 0 Å². The number of anilines is 3. The molecule has 4 saturated heterocycles. The van der Waals surface area contributed by atoms with E-state index in [-0.39, 0.29) is 41.9 Å². The smallest absolute Gasteiger partial charge is 0.407 e. The first-order valence-corrected chi connectivity index (χ1v) is 19.4. The van der Waals surface area contributed by atoms with E-state index in [0.717, 1.165) is 62.2 Å². The highest BCUT2D eigenvalue weighted by molar-refractivity contribution is 6.23. The van der Waals surface area contributed by atoms with Gasteiger partial charge >= 0.3 is 6.18 Å². The Morgan fingerprint density at radius 3 is 2.26 bits per heavy atom. The molecule has 1 aromatic heterocycles. The number of carbonyl (C=O) groups excluding carboxylic acids is 5. The van der Waals surface area contributed by atoms with E-state index in [9.17, 15) is 37.1 Å². The molecule has 5 aliphatic rings. The molecule has 58 heavy (non-hydrogen) atoms. The van der Waals surface area contributed by atoms with Crippen LogP contribution in [0, 0.1) is 18.4 Å². The fourth-order valence-corrected chi connectivity index (χ4v) is 8.52. The molecule has 5 amide bonds. The maximum absolute atomic E-state index is 13.5. The van der Waals surface area contributed by atoms with Gasteiger partial charge in [-0.05, 0) is 74.6 Å². The number of piperidine rings is 3. The van der Waals surface area contributed by atoms with Crippen LogP contribution < -0.4 is 25.2 Å². The Morgan fingerprint density at radius 2 is 1.59 bits per heavy atom. The van der Waals surface area contributed by atoms with Gasteiger partial charge < -0.3 is 24.8 Å². The van der Waals surface area contributed by atoms with Crippen LogP contribution in [0.1, 0.15) is 64.8 Å². The van der Waals surface area contributed by atoms with Gasteiger partial charge in [-0.15, -0.1) is 0 Å². The summed E-state index contributed by atoms with van der Waals surface area (Å²) in [4.78, 5) is 78.0. The summed E-state index contributed by atoms with van der Waals surface area (Å²) in [5, 5.41) is 5.07. The van der Waals surface area contributed by atoms with Crippen molar-refractivity contribution in [2.24, 2.45) is 11.8 Å². The van der Waals surface area contributed by atoms with E-state index in [4.69, 9.17) is 11.3 Å². The fraction of sp³-hybridized carbons (Fsp3) is 0.439. The molecule has 2 aromatic carbocycles. The number of likely N-dealkylation sites (tertiary alicyclic amines) is 1. The van der Waals surface area contributed by atoms with Gasteiger partial charge in [0.1, 0.15) is 23.7 Å². The fourth-order valence-electron chi connectivity index (χ4n) is 8.52. The summed E-state index contributed by atoms with van der Waals surface area (Å²) in [7, 11) is 0. The molecule has 2 N–H and O–H groups in total. The van der Waals surface area contributed by atoms with E-state index < -0.39 is 47.1 Å². The first-order chi connectivity index (χ1) is 27.8. The summed E-state index contributed by atoms with van der Waals surface area (Å²) in [5.74, 6) is -1.13. The molecule has 3 aromatic rings. The third-order valence-corrected chi connectivity index (χ3v) is 11.7. The van der Waals surface area contributed by atoms with Crippen molar-refractivity contribution in [3.8, 4) is 5.75 Å². The number of amides is 5. The van der Waals surface area contributed by atoms with Gasteiger partial charge in [-0.1, -0.05) is 6.07 Å². The highest BCUT2D eigenvalue weighted by atomic mass is 19.4. The molecule has 0 bridgehead atoms. The van der Waals surface area contributed by atoms with Gasteiger partial charge in [0.25, 0.3) is 11.8 Å². The quantitative estimate of drug-likeness (QED) is 0.227. The molecule has 5 aliphatic heterocycles. The highest BCUT2D eigenvalue weighted by Crippen LogP contribution is 2.40. The second kappa shape index (κ2) is 15.7. The first-order valence-electron chi connectivity index (χ1n) is 19.4. The number of halogens is 3. The van der Waals surface area contributed by atoms with E-state index in [1.807, 2.05) is 6.07 Å². The molecule has 0 radical (unpaired) electrons. The predicted molar refractivity (Wildman–Crippen MR) is 204 cm³/mol. The summed E-state index contributed by atoms with van der Waals surface area (Å²) in [6.07, 6.45) is -0.199. The largest absolute Gasteiger partial charge is 0.489 e. The molecule has 4 fully saturated rings. The lowest BCUT2D eigenvalue weighted by Gasteiger charge is -2.44. The van der Waals surface area contributed by atoms with Crippen molar-refractivity contribution in [2.45, 2.75) is 56.8 Å². The van der Waals surface area contributed by atoms with Crippen LogP contribution in [-0.2, 0) is 20.6 Å². The maximum atomic E-state index is 13.5. The van der Waals surface area contributed by atoms with Crippen LogP contribution in [0.25, 0.3) is 4.85 Å². The Bertz CT molecular complexity index is 2170. The molecular formula is C41H41F3N8O6. The van der Waals surface area contributed by atoms with E-state index in [1.54, 1.807) is 35.4 Å². The Kier molecular flexibility index (Phi) is 10.5. The minimum atomic E-state index is -4.63. The number of alkyl halides is 3. The van der Waals surface area contributed by atoms with Gasteiger partial charge in [0.15, 0.2) is 5.69 Å². The molecule has 17 heteroatoms. The second-order valence-electron chi connectivity index (χ2n) is 15.5. The van der Waals surface area contributed by atoms with Crippen molar-refractivity contribution in [1.82, 2.24) is 20.1 Å². The van der Waals surface area contributed by atoms with E-state index in [0.29, 0.717) is 49.1 Å². The van der Waals surface area contributed by atoms with Gasteiger partial charge in [-0.25, -0.2) is 9.83 Å². The molecule has 14 nitrogen and oxygen atoms in total. The summed E-state index contributed by atoms with van der Waals surface area (Å²) in [5.41, 5.74) is 0.383. The van der Waals surface area contributed by atoms with Gasteiger partial charge in [0.05, 0.1) is 29.5 Å². The van der Waals surface area contributed by atoms with Crippen LogP contribution in [0.5, 0.6) is 5.75 Å². The summed E-state index contributed by atoms with van der Waals surface area (Å²) in [6, 6.07) is 11.4. The van der Waals surface area contributed by atoms with Crippen LogP contribution >= 0.6 is 0 Å². The number of rotatable bonds is 9. The number of benzene rings is 2. The number of ether oxygens (including phenoxy) is 1. The normalized spacial score (nSPS) is 21.1. The van der Waals surface area contributed by atoms with Gasteiger partial charge in [-0.3, -0.25) is 34.2 Å². The van der Waals surface area contributed by atoms with E-state index >= 15 is 0 Å². The summed E-state index contributed by atoms with van der Waals surface area (Å²) < 4.78 is 46.6. The number of aromatic nitrogens is 1.